The molecule has 37 heavy (non-hydrogen) atoms. The average molecular weight is 527 g/mol. The SMILES string of the molecule is CCOC(=O)c1ncc2n1CCN(c1ccc(CN3[C@@H](C)CCC(c4ccccc4)S3(=O)=O)c(F)c1)C2. The number of fused-ring (bicyclic) bond motifs is 1. The molecule has 196 valence electrons. The number of carbonyl (C=O) groups is 1. The molecule has 0 radical (unpaired) electrons. The van der Waals surface area contributed by atoms with Gasteiger partial charge in [-0.15, -0.1) is 0 Å². The van der Waals surface area contributed by atoms with Crippen LogP contribution < -0.4 is 4.90 Å². The summed E-state index contributed by atoms with van der Waals surface area (Å²) in [6, 6.07) is 14.0. The zero-order valence-corrected chi connectivity index (χ0v) is 21.8. The minimum absolute atomic E-state index is 0.00534. The van der Waals surface area contributed by atoms with Crippen molar-refractivity contribution in [3.05, 3.63) is 83.2 Å². The van der Waals surface area contributed by atoms with Crippen LogP contribution in [0.25, 0.3) is 0 Å². The fraction of sp³-hybridized carbons (Fsp3) is 0.407. The second-order valence-electron chi connectivity index (χ2n) is 9.56. The molecule has 0 spiro atoms. The number of halogens is 1. The van der Waals surface area contributed by atoms with Crippen LogP contribution in [-0.4, -0.2) is 47.4 Å². The Bertz CT molecular complexity index is 1390. The topological polar surface area (TPSA) is 84.7 Å². The molecule has 3 heterocycles. The first kappa shape index (κ1) is 25.4. The molecule has 1 fully saturated rings. The number of anilines is 1. The van der Waals surface area contributed by atoms with E-state index in [0.717, 1.165) is 11.3 Å². The van der Waals surface area contributed by atoms with E-state index in [1.807, 2.05) is 52.8 Å². The maximum absolute atomic E-state index is 15.3. The molecule has 1 aromatic heterocycles. The predicted octanol–water partition coefficient (Wildman–Crippen LogP) is 4.27. The maximum atomic E-state index is 15.3. The monoisotopic (exact) mass is 526 g/mol. The maximum Gasteiger partial charge on any atom is 0.374 e. The Morgan fingerprint density at radius 3 is 2.65 bits per heavy atom. The molecular formula is C27H31FN4O4S. The van der Waals surface area contributed by atoms with Crippen molar-refractivity contribution < 1.29 is 22.3 Å². The number of sulfonamides is 1. The van der Waals surface area contributed by atoms with Crippen LogP contribution in [0.4, 0.5) is 10.1 Å². The van der Waals surface area contributed by atoms with Crippen molar-refractivity contribution in [1.29, 1.82) is 0 Å². The van der Waals surface area contributed by atoms with Gasteiger partial charge in [-0.1, -0.05) is 36.4 Å². The van der Waals surface area contributed by atoms with Crippen LogP contribution in [-0.2, 0) is 34.4 Å². The largest absolute Gasteiger partial charge is 0.460 e. The summed E-state index contributed by atoms with van der Waals surface area (Å²) >= 11 is 0. The van der Waals surface area contributed by atoms with Crippen molar-refractivity contribution in [3.63, 3.8) is 0 Å². The van der Waals surface area contributed by atoms with Crippen molar-refractivity contribution in [2.75, 3.05) is 18.1 Å². The van der Waals surface area contributed by atoms with Crippen LogP contribution in [0.2, 0.25) is 0 Å². The van der Waals surface area contributed by atoms with Crippen LogP contribution in [0.15, 0.2) is 54.7 Å². The molecule has 0 saturated carbocycles. The van der Waals surface area contributed by atoms with Gasteiger partial charge in [-0.2, -0.15) is 4.31 Å². The van der Waals surface area contributed by atoms with Crippen molar-refractivity contribution in [3.8, 4) is 0 Å². The standard InChI is InChI=1S/C27H31FN4O4S/c1-3-36-27(33)26-29-16-23-18-30(13-14-31(23)26)22-11-10-21(24(28)15-22)17-32-19(2)9-12-25(37(32,34)35)20-7-5-4-6-8-20/h4-8,10-11,15-16,19,25H,3,9,12-14,17-18H2,1-2H3/t19-,25?/m0/s1. The second-order valence-corrected chi connectivity index (χ2v) is 11.6. The van der Waals surface area contributed by atoms with Crippen LogP contribution >= 0.6 is 0 Å². The quantitative estimate of drug-likeness (QED) is 0.446. The van der Waals surface area contributed by atoms with E-state index in [0.29, 0.717) is 43.7 Å². The summed E-state index contributed by atoms with van der Waals surface area (Å²) in [4.78, 5) is 18.4. The second kappa shape index (κ2) is 10.3. The minimum atomic E-state index is -3.65. The lowest BCUT2D eigenvalue weighted by molar-refractivity contribution is 0.0505. The van der Waals surface area contributed by atoms with Gasteiger partial charge < -0.3 is 14.2 Å². The van der Waals surface area contributed by atoms with Gasteiger partial charge in [0.05, 0.1) is 25.0 Å². The van der Waals surface area contributed by atoms with Gasteiger partial charge in [-0.25, -0.2) is 22.6 Å². The lowest BCUT2D eigenvalue weighted by atomic mass is 10.0. The molecular weight excluding hydrogens is 495 g/mol. The number of carbonyl (C=O) groups excluding carboxylic acids is 1. The summed E-state index contributed by atoms with van der Waals surface area (Å²) in [6.07, 6.45) is 2.91. The fourth-order valence-corrected chi connectivity index (χ4v) is 7.43. The highest BCUT2D eigenvalue weighted by molar-refractivity contribution is 7.89. The van der Waals surface area contributed by atoms with Crippen molar-refractivity contribution >= 4 is 21.7 Å². The summed E-state index contributed by atoms with van der Waals surface area (Å²) < 4.78 is 50.7. The van der Waals surface area contributed by atoms with E-state index in [4.69, 9.17) is 4.74 Å². The first-order chi connectivity index (χ1) is 17.8. The summed E-state index contributed by atoms with van der Waals surface area (Å²) in [5.74, 6) is -0.606. The van der Waals surface area contributed by atoms with Crippen molar-refractivity contribution in [1.82, 2.24) is 13.9 Å². The van der Waals surface area contributed by atoms with E-state index < -0.39 is 27.1 Å². The van der Waals surface area contributed by atoms with Gasteiger partial charge in [0.25, 0.3) is 0 Å². The van der Waals surface area contributed by atoms with Crippen LogP contribution in [0.3, 0.4) is 0 Å². The summed E-state index contributed by atoms with van der Waals surface area (Å²) in [6.45, 7) is 5.48. The highest BCUT2D eigenvalue weighted by Gasteiger charge is 2.40. The Labute approximate surface area is 216 Å². The molecule has 2 aliphatic heterocycles. The molecule has 0 bridgehead atoms. The molecule has 3 aromatic rings. The molecule has 2 aromatic carbocycles. The average Bonchev–Trinajstić information content (AvgIpc) is 3.31. The third-order valence-corrected chi connectivity index (χ3v) is 9.64. The molecule has 8 nitrogen and oxygen atoms in total. The van der Waals surface area contributed by atoms with E-state index in [1.54, 1.807) is 19.2 Å². The zero-order valence-electron chi connectivity index (χ0n) is 21.0. The third kappa shape index (κ3) is 4.87. The Morgan fingerprint density at radius 1 is 1.14 bits per heavy atom. The molecule has 0 N–H and O–H groups in total. The van der Waals surface area contributed by atoms with Gasteiger partial charge in [-0.05, 0) is 44.4 Å². The molecule has 10 heteroatoms. The number of imidazole rings is 1. The smallest absolute Gasteiger partial charge is 0.374 e. The number of hydrogen-bond acceptors (Lipinski definition) is 6. The first-order valence-electron chi connectivity index (χ1n) is 12.6. The first-order valence-corrected chi connectivity index (χ1v) is 14.1. The summed E-state index contributed by atoms with van der Waals surface area (Å²) in [5, 5.41) is -0.620. The van der Waals surface area contributed by atoms with Crippen LogP contribution in [0.5, 0.6) is 0 Å². The highest BCUT2D eigenvalue weighted by atomic mass is 32.2. The van der Waals surface area contributed by atoms with Gasteiger partial charge in [0.2, 0.25) is 15.8 Å². The molecule has 0 aliphatic carbocycles. The van der Waals surface area contributed by atoms with Crippen LogP contribution in [0.1, 0.15) is 59.4 Å². The van der Waals surface area contributed by atoms with Gasteiger partial charge >= 0.3 is 5.97 Å². The number of rotatable bonds is 6. The number of benzene rings is 2. The molecule has 1 unspecified atom stereocenters. The summed E-state index contributed by atoms with van der Waals surface area (Å²) in [7, 11) is -3.65. The number of nitrogens with zero attached hydrogens (tertiary/aromatic N) is 4. The number of aromatic nitrogens is 2. The Morgan fingerprint density at radius 2 is 1.92 bits per heavy atom. The summed E-state index contributed by atoms with van der Waals surface area (Å²) in [5.41, 5.74) is 2.66. The molecule has 2 atom stereocenters. The van der Waals surface area contributed by atoms with Crippen molar-refractivity contribution in [2.45, 2.75) is 57.6 Å². The van der Waals surface area contributed by atoms with E-state index >= 15 is 4.39 Å². The van der Waals surface area contributed by atoms with E-state index in [1.165, 1.54) is 10.4 Å². The molecule has 2 aliphatic rings. The number of hydrogen-bond donors (Lipinski definition) is 0. The minimum Gasteiger partial charge on any atom is -0.460 e. The zero-order chi connectivity index (χ0) is 26.2. The molecule has 1 saturated heterocycles. The lowest BCUT2D eigenvalue weighted by Gasteiger charge is -2.37. The number of esters is 1. The van der Waals surface area contributed by atoms with E-state index in [9.17, 15) is 13.2 Å². The van der Waals surface area contributed by atoms with Crippen LogP contribution in [0, 0.1) is 5.82 Å². The van der Waals surface area contributed by atoms with E-state index in [-0.39, 0.29) is 25.0 Å². The Balaban J connectivity index is 1.33. The van der Waals surface area contributed by atoms with Gasteiger partial charge in [0, 0.05) is 36.9 Å². The number of ether oxygens (including phenoxy) is 1. The molecule has 5 rings (SSSR count). The van der Waals surface area contributed by atoms with Crippen molar-refractivity contribution in [2.24, 2.45) is 0 Å². The predicted molar refractivity (Wildman–Crippen MR) is 138 cm³/mol. The fourth-order valence-electron chi connectivity index (χ4n) is 5.24. The third-order valence-electron chi connectivity index (χ3n) is 7.27. The Hall–Kier alpha value is -3.24. The molecule has 0 amide bonds. The van der Waals surface area contributed by atoms with E-state index in [2.05, 4.69) is 4.98 Å². The van der Waals surface area contributed by atoms with Gasteiger partial charge in [0.15, 0.2) is 0 Å². The lowest BCUT2D eigenvalue weighted by Crippen LogP contribution is -2.44. The highest BCUT2D eigenvalue weighted by Crippen LogP contribution is 2.38. The normalized spacial score (nSPS) is 21.4. The van der Waals surface area contributed by atoms with Gasteiger partial charge in [-0.3, -0.25) is 0 Å². The van der Waals surface area contributed by atoms with Gasteiger partial charge in [0.1, 0.15) is 11.1 Å². The Kier molecular flexibility index (Phi) is 7.04.